The second-order valence-electron chi connectivity index (χ2n) is 6.15. The Morgan fingerprint density at radius 3 is 2.87 bits per heavy atom. The number of rotatable bonds is 3. The Balaban J connectivity index is 0.00000156. The lowest BCUT2D eigenvalue weighted by atomic mass is 9.77. The van der Waals surface area contributed by atoms with Crippen LogP contribution in [0.15, 0.2) is 22.7 Å². The van der Waals surface area contributed by atoms with E-state index in [9.17, 15) is 0 Å². The maximum Gasteiger partial charge on any atom is 0.233 e. The molecule has 1 fully saturated rings. The molecule has 4 rings (SSSR count). The first kappa shape index (κ1) is 16.1. The van der Waals surface area contributed by atoms with Crippen LogP contribution in [0.25, 0.3) is 0 Å². The number of methoxy groups -OCH3 is 1. The summed E-state index contributed by atoms with van der Waals surface area (Å²) in [5.74, 6) is 3.02. The maximum absolute atomic E-state index is 6.25. The van der Waals surface area contributed by atoms with Gasteiger partial charge in [0.1, 0.15) is 18.1 Å². The maximum atomic E-state index is 6.25. The summed E-state index contributed by atoms with van der Waals surface area (Å²) < 4.78 is 16.5. The van der Waals surface area contributed by atoms with E-state index < -0.39 is 5.54 Å². The molecule has 1 unspecified atom stereocenters. The molecule has 0 spiro atoms. The summed E-state index contributed by atoms with van der Waals surface area (Å²) in [5.41, 5.74) is 6.96. The lowest BCUT2D eigenvalue weighted by molar-refractivity contribution is 0.220. The first-order valence-corrected chi connectivity index (χ1v) is 7.61. The van der Waals surface area contributed by atoms with Crippen molar-refractivity contribution in [1.29, 1.82) is 0 Å². The number of nitrogens with two attached hydrogens (primary N) is 1. The highest BCUT2D eigenvalue weighted by Crippen LogP contribution is 2.38. The van der Waals surface area contributed by atoms with E-state index in [1.807, 2.05) is 18.2 Å². The van der Waals surface area contributed by atoms with E-state index >= 15 is 0 Å². The number of hydrogen-bond acceptors (Lipinski definition) is 6. The topological polar surface area (TPSA) is 83.4 Å². The van der Waals surface area contributed by atoms with Crippen molar-refractivity contribution in [2.24, 2.45) is 5.73 Å². The van der Waals surface area contributed by atoms with E-state index in [1.54, 1.807) is 7.11 Å². The van der Waals surface area contributed by atoms with Gasteiger partial charge in [0.2, 0.25) is 5.89 Å². The molecule has 2 N–H and O–H groups in total. The van der Waals surface area contributed by atoms with E-state index in [4.69, 9.17) is 19.7 Å². The van der Waals surface area contributed by atoms with Gasteiger partial charge in [0.05, 0.1) is 18.6 Å². The highest BCUT2D eigenvalue weighted by atomic mass is 35.5. The zero-order valence-electron chi connectivity index (χ0n) is 12.9. The minimum absolute atomic E-state index is 0. The number of ether oxygens (including phenoxy) is 2. The molecular formula is C16H20ClN3O3. The van der Waals surface area contributed by atoms with E-state index in [-0.39, 0.29) is 18.3 Å². The van der Waals surface area contributed by atoms with Gasteiger partial charge in [-0.15, -0.1) is 12.4 Å². The minimum Gasteiger partial charge on any atom is -0.497 e. The largest absolute Gasteiger partial charge is 0.497 e. The van der Waals surface area contributed by atoms with Gasteiger partial charge in [-0.05, 0) is 49.4 Å². The van der Waals surface area contributed by atoms with Gasteiger partial charge in [0, 0.05) is 0 Å². The summed E-state index contributed by atoms with van der Waals surface area (Å²) in [7, 11) is 1.66. The van der Waals surface area contributed by atoms with Crippen molar-refractivity contribution in [2.75, 3.05) is 13.7 Å². The molecule has 1 aliphatic heterocycles. The minimum atomic E-state index is -0.390. The average molecular weight is 338 g/mol. The van der Waals surface area contributed by atoms with Crippen molar-refractivity contribution in [3.8, 4) is 11.5 Å². The van der Waals surface area contributed by atoms with Gasteiger partial charge in [0.25, 0.3) is 0 Å². The van der Waals surface area contributed by atoms with E-state index in [2.05, 4.69) is 10.1 Å². The van der Waals surface area contributed by atoms with Gasteiger partial charge >= 0.3 is 0 Å². The molecule has 0 saturated heterocycles. The van der Waals surface area contributed by atoms with Crippen LogP contribution in [-0.4, -0.2) is 23.9 Å². The first-order valence-electron chi connectivity index (χ1n) is 7.61. The molecule has 2 aromatic rings. The summed E-state index contributed by atoms with van der Waals surface area (Å²) in [6.45, 7) is 0.540. The van der Waals surface area contributed by atoms with Crippen LogP contribution in [-0.2, 0) is 12.0 Å². The molecule has 1 atom stereocenters. The number of hydrogen-bond donors (Lipinski definition) is 1. The predicted octanol–water partition coefficient (Wildman–Crippen LogP) is 2.56. The van der Waals surface area contributed by atoms with Crippen LogP contribution in [0.2, 0.25) is 0 Å². The Hall–Kier alpha value is -1.79. The van der Waals surface area contributed by atoms with Crippen LogP contribution < -0.4 is 15.2 Å². The average Bonchev–Trinajstić information content (AvgIpc) is 3.01. The first-order chi connectivity index (χ1) is 10.7. The molecule has 2 aliphatic rings. The van der Waals surface area contributed by atoms with E-state index in [0.717, 1.165) is 42.7 Å². The summed E-state index contributed by atoms with van der Waals surface area (Å²) >= 11 is 0. The SMILES string of the molecule is COc1ccc2c(c1)CC(c1nc(C3(N)CCC3)no1)CO2.Cl. The second-order valence-corrected chi connectivity index (χ2v) is 6.15. The van der Waals surface area contributed by atoms with Crippen molar-refractivity contribution in [3.05, 3.63) is 35.5 Å². The molecule has 1 aliphatic carbocycles. The van der Waals surface area contributed by atoms with Gasteiger partial charge in [-0.2, -0.15) is 4.98 Å². The van der Waals surface area contributed by atoms with Crippen molar-refractivity contribution in [2.45, 2.75) is 37.1 Å². The monoisotopic (exact) mass is 337 g/mol. The van der Waals surface area contributed by atoms with Crippen molar-refractivity contribution < 1.29 is 14.0 Å². The highest BCUT2D eigenvalue weighted by molar-refractivity contribution is 5.85. The predicted molar refractivity (Wildman–Crippen MR) is 86.2 cm³/mol. The van der Waals surface area contributed by atoms with Crippen LogP contribution >= 0.6 is 12.4 Å². The smallest absolute Gasteiger partial charge is 0.233 e. The molecular weight excluding hydrogens is 318 g/mol. The summed E-state index contributed by atoms with van der Waals surface area (Å²) in [4.78, 5) is 4.53. The van der Waals surface area contributed by atoms with Crippen LogP contribution in [0, 0.1) is 0 Å². The van der Waals surface area contributed by atoms with Crippen LogP contribution in [0.3, 0.4) is 0 Å². The third-order valence-electron chi connectivity index (χ3n) is 4.66. The molecule has 0 radical (unpaired) electrons. The molecule has 0 bridgehead atoms. The number of nitrogens with zero attached hydrogens (tertiary/aromatic N) is 2. The summed E-state index contributed by atoms with van der Waals surface area (Å²) in [6.07, 6.45) is 3.77. The Bertz CT molecular complexity index is 700. The number of aromatic nitrogens is 2. The summed E-state index contributed by atoms with van der Waals surface area (Å²) in [6, 6.07) is 5.83. The molecule has 1 saturated carbocycles. The van der Waals surface area contributed by atoms with Gasteiger partial charge in [0.15, 0.2) is 5.82 Å². The Kier molecular flexibility index (Phi) is 4.21. The third-order valence-corrected chi connectivity index (χ3v) is 4.66. The van der Waals surface area contributed by atoms with Gasteiger partial charge in [-0.25, -0.2) is 0 Å². The quantitative estimate of drug-likeness (QED) is 0.926. The fourth-order valence-electron chi connectivity index (χ4n) is 3.04. The Morgan fingerprint density at radius 1 is 1.35 bits per heavy atom. The van der Waals surface area contributed by atoms with E-state index in [1.165, 1.54) is 0 Å². The normalized spacial score (nSPS) is 21.4. The van der Waals surface area contributed by atoms with Crippen LogP contribution in [0.4, 0.5) is 0 Å². The van der Waals surface area contributed by atoms with E-state index in [0.29, 0.717) is 18.3 Å². The highest BCUT2D eigenvalue weighted by Gasteiger charge is 2.39. The van der Waals surface area contributed by atoms with Crippen LogP contribution in [0.1, 0.15) is 42.5 Å². The molecule has 6 nitrogen and oxygen atoms in total. The lowest BCUT2D eigenvalue weighted by Gasteiger charge is -2.34. The second kappa shape index (κ2) is 6.02. The number of benzene rings is 1. The molecule has 2 heterocycles. The Morgan fingerprint density at radius 2 is 2.17 bits per heavy atom. The van der Waals surface area contributed by atoms with Gasteiger partial charge in [-0.3, -0.25) is 0 Å². The fraction of sp³-hybridized carbons (Fsp3) is 0.500. The lowest BCUT2D eigenvalue weighted by Crippen LogP contribution is -2.44. The molecule has 1 aromatic carbocycles. The summed E-state index contributed by atoms with van der Waals surface area (Å²) in [5, 5.41) is 4.08. The fourth-order valence-corrected chi connectivity index (χ4v) is 3.04. The molecule has 0 amide bonds. The zero-order valence-corrected chi connectivity index (χ0v) is 13.8. The van der Waals surface area contributed by atoms with Crippen molar-refractivity contribution in [1.82, 2.24) is 10.1 Å². The standard InChI is InChI=1S/C16H19N3O3.ClH/c1-20-12-3-4-13-10(8-12)7-11(9-21-13)14-18-15(19-22-14)16(17)5-2-6-16;/h3-4,8,11H,2,5-7,9,17H2,1H3;1H. The zero-order chi connectivity index (χ0) is 15.2. The molecule has 23 heavy (non-hydrogen) atoms. The van der Waals surface area contributed by atoms with Crippen LogP contribution in [0.5, 0.6) is 11.5 Å². The van der Waals surface area contributed by atoms with Crippen molar-refractivity contribution >= 4 is 12.4 Å². The molecule has 124 valence electrons. The van der Waals surface area contributed by atoms with Gasteiger partial charge < -0.3 is 19.7 Å². The van der Waals surface area contributed by atoms with Crippen molar-refractivity contribution in [3.63, 3.8) is 0 Å². The number of fused-ring (bicyclic) bond motifs is 1. The molecule has 1 aromatic heterocycles. The number of halogens is 1. The third kappa shape index (κ3) is 2.77. The Labute approximate surface area is 140 Å². The van der Waals surface area contributed by atoms with Gasteiger partial charge in [-0.1, -0.05) is 5.16 Å². The molecule has 7 heteroatoms.